The van der Waals surface area contributed by atoms with Gasteiger partial charge in [-0.15, -0.1) is 0 Å². The molecule has 0 fully saturated rings. The summed E-state index contributed by atoms with van der Waals surface area (Å²) in [4.78, 5) is 14.9. The molecule has 24 heavy (non-hydrogen) atoms. The van der Waals surface area contributed by atoms with Crippen LogP contribution in [0.2, 0.25) is 0 Å². The second kappa shape index (κ2) is 8.09. The number of nitrogens with zero attached hydrogens (tertiary/aromatic N) is 2. The highest BCUT2D eigenvalue weighted by Crippen LogP contribution is 2.23. The zero-order chi connectivity index (χ0) is 17.6. The van der Waals surface area contributed by atoms with Crippen molar-refractivity contribution >= 4 is 17.7 Å². The number of alkyl halides is 3. The molecule has 0 atom stereocenters. The molecule has 0 radical (unpaired) electrons. The minimum absolute atomic E-state index is 0.0365. The Balaban J connectivity index is 1.86. The van der Waals surface area contributed by atoms with Crippen LogP contribution in [0, 0.1) is 0 Å². The Morgan fingerprint density at radius 3 is 2.92 bits per heavy atom. The van der Waals surface area contributed by atoms with Gasteiger partial charge in [-0.25, -0.2) is 4.98 Å². The number of aromatic nitrogens is 2. The van der Waals surface area contributed by atoms with Crippen LogP contribution >= 0.6 is 11.8 Å². The minimum Gasteiger partial charge on any atom is -0.497 e. The van der Waals surface area contributed by atoms with Gasteiger partial charge < -0.3 is 10.1 Å². The van der Waals surface area contributed by atoms with Gasteiger partial charge >= 0.3 is 12.1 Å². The van der Waals surface area contributed by atoms with Gasteiger partial charge in [0.05, 0.1) is 12.8 Å². The average molecular weight is 359 g/mol. The summed E-state index contributed by atoms with van der Waals surface area (Å²) < 4.78 is 43.2. The van der Waals surface area contributed by atoms with Crippen molar-refractivity contribution in [2.45, 2.75) is 17.8 Å². The van der Waals surface area contributed by atoms with Crippen LogP contribution in [-0.4, -0.2) is 41.0 Å². The molecule has 1 aromatic heterocycles. The lowest BCUT2D eigenvalue weighted by Crippen LogP contribution is -2.37. The molecule has 9 heteroatoms. The summed E-state index contributed by atoms with van der Waals surface area (Å²) in [6.07, 6.45) is -0.997. The summed E-state index contributed by atoms with van der Waals surface area (Å²) >= 11 is 1.40. The number of benzene rings is 1. The largest absolute Gasteiger partial charge is 0.497 e. The molecule has 0 aliphatic heterocycles. The molecule has 130 valence electrons. The van der Waals surface area contributed by atoms with Gasteiger partial charge in [0.25, 0.3) is 0 Å². The van der Waals surface area contributed by atoms with E-state index in [-0.39, 0.29) is 6.54 Å². The Bertz CT molecular complexity index is 689. The van der Waals surface area contributed by atoms with E-state index >= 15 is 0 Å². The maximum Gasteiger partial charge on any atom is 0.471 e. The topological polar surface area (TPSA) is 56.1 Å². The van der Waals surface area contributed by atoms with E-state index in [9.17, 15) is 18.0 Å². The van der Waals surface area contributed by atoms with Crippen molar-refractivity contribution in [3.8, 4) is 11.4 Å². The van der Waals surface area contributed by atoms with Crippen LogP contribution in [0.5, 0.6) is 5.75 Å². The smallest absolute Gasteiger partial charge is 0.471 e. The molecule has 0 saturated heterocycles. The molecular formula is C15H16F3N3O2S. The zero-order valence-corrected chi connectivity index (χ0v) is 13.7. The lowest BCUT2D eigenvalue weighted by molar-refractivity contribution is -0.173. The van der Waals surface area contributed by atoms with E-state index in [1.807, 2.05) is 34.1 Å². The predicted octanol–water partition coefficient (Wildman–Crippen LogP) is 3.04. The second-order valence-corrected chi connectivity index (χ2v) is 5.80. The number of imidazole rings is 1. The molecule has 5 nitrogen and oxygen atoms in total. The fourth-order valence-corrected chi connectivity index (χ4v) is 2.80. The summed E-state index contributed by atoms with van der Waals surface area (Å²) in [5.74, 6) is -0.670. The van der Waals surface area contributed by atoms with Gasteiger partial charge in [0.1, 0.15) is 5.75 Å². The van der Waals surface area contributed by atoms with Crippen LogP contribution in [-0.2, 0) is 4.79 Å². The van der Waals surface area contributed by atoms with Crippen LogP contribution < -0.4 is 10.1 Å². The van der Waals surface area contributed by atoms with Gasteiger partial charge in [0.2, 0.25) is 0 Å². The Kier molecular flexibility index (Phi) is 6.13. The van der Waals surface area contributed by atoms with Crippen molar-refractivity contribution in [2.75, 3.05) is 19.4 Å². The van der Waals surface area contributed by atoms with E-state index in [2.05, 4.69) is 4.98 Å². The summed E-state index contributed by atoms with van der Waals surface area (Å²) in [7, 11) is 1.58. The van der Waals surface area contributed by atoms with Crippen LogP contribution in [0.3, 0.4) is 0 Å². The molecule has 0 aliphatic rings. The maximum absolute atomic E-state index is 12.0. The average Bonchev–Trinajstić information content (AvgIpc) is 3.02. The molecule has 0 bridgehead atoms. The van der Waals surface area contributed by atoms with Crippen molar-refractivity contribution in [1.82, 2.24) is 14.9 Å². The van der Waals surface area contributed by atoms with Crippen molar-refractivity contribution in [3.05, 3.63) is 36.7 Å². The number of hydrogen-bond acceptors (Lipinski definition) is 4. The summed E-state index contributed by atoms with van der Waals surface area (Å²) in [5, 5.41) is 2.56. The molecule has 0 saturated carbocycles. The van der Waals surface area contributed by atoms with Gasteiger partial charge in [-0.05, 0) is 18.6 Å². The van der Waals surface area contributed by atoms with E-state index < -0.39 is 12.1 Å². The molecule has 0 unspecified atom stereocenters. The first kappa shape index (κ1) is 18.2. The van der Waals surface area contributed by atoms with E-state index in [1.54, 1.807) is 19.5 Å². The van der Waals surface area contributed by atoms with Crippen molar-refractivity contribution in [2.24, 2.45) is 0 Å². The Morgan fingerprint density at radius 2 is 2.21 bits per heavy atom. The second-order valence-electron chi connectivity index (χ2n) is 4.74. The number of rotatable bonds is 7. The lowest BCUT2D eigenvalue weighted by Gasteiger charge is -2.09. The number of thioether (sulfide) groups is 1. The molecule has 1 amide bonds. The summed E-state index contributed by atoms with van der Waals surface area (Å²) in [6.45, 7) is -0.0365. The zero-order valence-electron chi connectivity index (χ0n) is 12.8. The number of nitrogens with one attached hydrogen (secondary N) is 1. The van der Waals surface area contributed by atoms with Gasteiger partial charge in [-0.2, -0.15) is 13.2 Å². The number of carbonyl (C=O) groups is 1. The maximum atomic E-state index is 12.0. The fraction of sp³-hybridized carbons (Fsp3) is 0.333. The van der Waals surface area contributed by atoms with Crippen LogP contribution in [0.4, 0.5) is 13.2 Å². The molecule has 1 aromatic carbocycles. The highest BCUT2D eigenvalue weighted by atomic mass is 32.2. The first-order valence-electron chi connectivity index (χ1n) is 7.07. The van der Waals surface area contributed by atoms with Gasteiger partial charge in [0.15, 0.2) is 5.16 Å². The van der Waals surface area contributed by atoms with Crippen LogP contribution in [0.15, 0.2) is 41.8 Å². The summed E-state index contributed by atoms with van der Waals surface area (Å²) in [5.41, 5.74) is 0.875. The van der Waals surface area contributed by atoms with Crippen molar-refractivity contribution < 1.29 is 22.7 Å². The van der Waals surface area contributed by atoms with Crippen molar-refractivity contribution in [3.63, 3.8) is 0 Å². The van der Waals surface area contributed by atoms with Gasteiger partial charge in [0, 0.05) is 30.8 Å². The van der Waals surface area contributed by atoms with Gasteiger partial charge in [-0.3, -0.25) is 9.36 Å². The number of hydrogen-bond donors (Lipinski definition) is 1. The van der Waals surface area contributed by atoms with E-state index in [4.69, 9.17) is 4.74 Å². The normalized spacial score (nSPS) is 11.3. The van der Waals surface area contributed by atoms with Crippen LogP contribution in [0.25, 0.3) is 5.69 Å². The van der Waals surface area contributed by atoms with Crippen LogP contribution in [0.1, 0.15) is 6.42 Å². The van der Waals surface area contributed by atoms with E-state index in [0.717, 1.165) is 5.69 Å². The number of carbonyl (C=O) groups excluding carboxylic acids is 1. The minimum atomic E-state index is -4.84. The number of methoxy groups -OCH3 is 1. The third-order valence-electron chi connectivity index (χ3n) is 3.03. The molecule has 2 aromatic rings. The predicted molar refractivity (Wildman–Crippen MR) is 84.5 cm³/mol. The fourth-order valence-electron chi connectivity index (χ4n) is 1.89. The standard InChI is InChI=1S/C15H16F3N3O2S/c1-23-12-5-2-4-11(10-12)21-8-7-20-14(21)24-9-3-6-19-13(22)15(16,17)18/h2,4-5,7-8,10H,3,6,9H2,1H3,(H,19,22). The third-order valence-corrected chi connectivity index (χ3v) is 4.09. The molecule has 1 N–H and O–H groups in total. The molecule has 2 rings (SSSR count). The Hall–Kier alpha value is -2.16. The monoisotopic (exact) mass is 359 g/mol. The lowest BCUT2D eigenvalue weighted by atomic mass is 10.3. The first-order chi connectivity index (χ1) is 11.4. The molecule has 1 heterocycles. The summed E-state index contributed by atoms with van der Waals surface area (Å²) in [6, 6.07) is 7.44. The Labute approximate surface area is 141 Å². The van der Waals surface area contributed by atoms with Crippen molar-refractivity contribution in [1.29, 1.82) is 0 Å². The van der Waals surface area contributed by atoms with E-state index in [1.165, 1.54) is 11.8 Å². The Morgan fingerprint density at radius 1 is 1.42 bits per heavy atom. The first-order valence-corrected chi connectivity index (χ1v) is 8.06. The quantitative estimate of drug-likeness (QED) is 0.610. The number of halogens is 3. The molecular weight excluding hydrogens is 343 g/mol. The third kappa shape index (κ3) is 4.92. The number of amides is 1. The van der Waals surface area contributed by atoms with Gasteiger partial charge in [-0.1, -0.05) is 17.8 Å². The highest BCUT2D eigenvalue weighted by Gasteiger charge is 2.38. The molecule has 0 aliphatic carbocycles. The highest BCUT2D eigenvalue weighted by molar-refractivity contribution is 7.99. The SMILES string of the molecule is COc1cccc(-n2ccnc2SCCCNC(=O)C(F)(F)F)c1. The van der Waals surface area contributed by atoms with E-state index in [0.29, 0.717) is 23.1 Å². The number of ether oxygens (including phenoxy) is 1. The molecule has 0 spiro atoms.